The Labute approximate surface area is 157 Å². The highest BCUT2D eigenvalue weighted by Crippen LogP contribution is 2.17. The first-order chi connectivity index (χ1) is 12.8. The van der Waals surface area contributed by atoms with E-state index in [0.29, 0.717) is 5.69 Å². The maximum Gasteiger partial charge on any atom is 0.330 e. The van der Waals surface area contributed by atoms with Crippen LogP contribution in [0.4, 0.5) is 5.69 Å². The molecule has 0 aromatic heterocycles. The van der Waals surface area contributed by atoms with Crippen molar-refractivity contribution in [1.29, 1.82) is 0 Å². The molecule has 3 N–H and O–H groups in total. The van der Waals surface area contributed by atoms with Gasteiger partial charge in [0.25, 0.3) is 15.9 Å². The van der Waals surface area contributed by atoms with E-state index < -0.39 is 34.5 Å². The molecule has 0 aliphatic carbocycles. The van der Waals surface area contributed by atoms with Gasteiger partial charge in [0.2, 0.25) is 0 Å². The Hall–Kier alpha value is -2.91. The third kappa shape index (κ3) is 5.28. The van der Waals surface area contributed by atoms with Crippen LogP contribution in [0.1, 0.15) is 15.9 Å². The molecule has 0 saturated heterocycles. The summed E-state index contributed by atoms with van der Waals surface area (Å²) in [7, 11) is -2.78. The molecule has 9 heteroatoms. The van der Waals surface area contributed by atoms with Gasteiger partial charge < -0.3 is 15.2 Å². The van der Waals surface area contributed by atoms with Crippen LogP contribution >= 0.6 is 0 Å². The van der Waals surface area contributed by atoms with Crippen molar-refractivity contribution in [2.24, 2.45) is 0 Å². The minimum absolute atomic E-state index is 0.0177. The van der Waals surface area contributed by atoms with Gasteiger partial charge in [0, 0.05) is 11.3 Å². The number of sulfonamides is 1. The largest absolute Gasteiger partial charge is 0.467 e. The van der Waals surface area contributed by atoms with E-state index in [1.165, 1.54) is 24.3 Å². The summed E-state index contributed by atoms with van der Waals surface area (Å²) in [6.45, 7) is 1.24. The number of aliphatic hydroxyl groups excluding tert-OH is 1. The van der Waals surface area contributed by atoms with Crippen molar-refractivity contribution in [2.45, 2.75) is 17.9 Å². The maximum absolute atomic E-state index is 12.5. The zero-order valence-corrected chi connectivity index (χ0v) is 15.6. The summed E-state index contributed by atoms with van der Waals surface area (Å²) in [5, 5.41) is 11.5. The van der Waals surface area contributed by atoms with Crippen LogP contribution in [0, 0.1) is 6.92 Å². The number of carbonyl (C=O) groups is 2. The van der Waals surface area contributed by atoms with Crippen LogP contribution < -0.4 is 10.0 Å². The normalized spacial score (nSPS) is 12.1. The Morgan fingerprint density at radius 2 is 1.81 bits per heavy atom. The standard InChI is InChI=1S/C18H20N2O6S/c1-12-6-8-14(9-7-12)20-27(24,25)15-5-3-4-13(10-15)17(22)19-16(11-21)18(23)26-2/h3-10,16,20-21H,11H2,1-2H3,(H,19,22)/t16-/m1/s1. The lowest BCUT2D eigenvalue weighted by Crippen LogP contribution is -2.44. The fourth-order valence-corrected chi connectivity index (χ4v) is 3.31. The molecule has 2 aromatic carbocycles. The van der Waals surface area contributed by atoms with Crippen LogP contribution in [-0.2, 0) is 19.6 Å². The molecule has 27 heavy (non-hydrogen) atoms. The molecular weight excluding hydrogens is 372 g/mol. The minimum atomic E-state index is -3.91. The van der Waals surface area contributed by atoms with Gasteiger partial charge in [-0.25, -0.2) is 13.2 Å². The van der Waals surface area contributed by atoms with Crippen molar-refractivity contribution in [1.82, 2.24) is 5.32 Å². The Morgan fingerprint density at radius 3 is 2.41 bits per heavy atom. The highest BCUT2D eigenvalue weighted by atomic mass is 32.2. The molecular formula is C18H20N2O6S. The summed E-state index contributed by atoms with van der Waals surface area (Å²) in [5.74, 6) is -1.53. The average molecular weight is 392 g/mol. The van der Waals surface area contributed by atoms with Crippen LogP contribution in [-0.4, -0.2) is 45.2 Å². The predicted molar refractivity (Wildman–Crippen MR) is 98.8 cm³/mol. The number of methoxy groups -OCH3 is 1. The fraction of sp³-hybridized carbons (Fsp3) is 0.222. The number of benzene rings is 2. The third-order valence-electron chi connectivity index (χ3n) is 3.68. The van der Waals surface area contributed by atoms with Gasteiger partial charge >= 0.3 is 5.97 Å². The van der Waals surface area contributed by atoms with Crippen molar-refractivity contribution in [3.05, 3.63) is 59.7 Å². The summed E-state index contributed by atoms with van der Waals surface area (Å²) < 4.78 is 32.0. The SMILES string of the molecule is COC(=O)[C@@H](CO)NC(=O)c1cccc(S(=O)(=O)Nc2ccc(C)cc2)c1. The molecule has 1 amide bonds. The Kier molecular flexibility index (Phi) is 6.54. The Morgan fingerprint density at radius 1 is 1.15 bits per heavy atom. The number of amides is 1. The van der Waals surface area contributed by atoms with Gasteiger partial charge in [0.15, 0.2) is 6.04 Å². The van der Waals surface area contributed by atoms with Gasteiger partial charge in [0.1, 0.15) is 0 Å². The molecule has 1 atom stereocenters. The second-order valence-corrected chi connectivity index (χ2v) is 7.41. The van der Waals surface area contributed by atoms with E-state index in [1.807, 2.05) is 6.92 Å². The highest BCUT2D eigenvalue weighted by Gasteiger charge is 2.22. The summed E-state index contributed by atoms with van der Waals surface area (Å²) in [4.78, 5) is 23.6. The zero-order valence-electron chi connectivity index (χ0n) is 14.8. The number of hydrogen-bond acceptors (Lipinski definition) is 6. The van der Waals surface area contributed by atoms with E-state index in [4.69, 9.17) is 5.11 Å². The number of anilines is 1. The maximum atomic E-state index is 12.5. The Balaban J connectivity index is 2.21. The summed E-state index contributed by atoms with van der Waals surface area (Å²) in [6.07, 6.45) is 0. The molecule has 144 valence electrons. The van der Waals surface area contributed by atoms with E-state index in [-0.39, 0.29) is 10.5 Å². The van der Waals surface area contributed by atoms with Gasteiger partial charge in [-0.05, 0) is 37.3 Å². The van der Waals surface area contributed by atoms with Crippen molar-refractivity contribution in [3.63, 3.8) is 0 Å². The van der Waals surface area contributed by atoms with Crippen LogP contribution in [0.25, 0.3) is 0 Å². The zero-order chi connectivity index (χ0) is 20.0. The molecule has 2 rings (SSSR count). The smallest absolute Gasteiger partial charge is 0.330 e. The second kappa shape index (κ2) is 8.65. The van der Waals surface area contributed by atoms with E-state index in [0.717, 1.165) is 12.7 Å². The number of hydrogen-bond donors (Lipinski definition) is 3. The molecule has 0 unspecified atom stereocenters. The fourth-order valence-electron chi connectivity index (χ4n) is 2.20. The third-order valence-corrected chi connectivity index (χ3v) is 5.06. The van der Waals surface area contributed by atoms with Crippen molar-refractivity contribution in [3.8, 4) is 0 Å². The quantitative estimate of drug-likeness (QED) is 0.606. The molecule has 0 spiro atoms. The number of ether oxygens (including phenoxy) is 1. The average Bonchev–Trinajstić information content (AvgIpc) is 2.67. The Bertz CT molecular complexity index is 925. The van der Waals surface area contributed by atoms with Crippen LogP contribution in [0.2, 0.25) is 0 Å². The van der Waals surface area contributed by atoms with E-state index in [9.17, 15) is 18.0 Å². The molecule has 0 bridgehead atoms. The van der Waals surface area contributed by atoms with Gasteiger partial charge in [0.05, 0.1) is 18.6 Å². The van der Waals surface area contributed by atoms with E-state index >= 15 is 0 Å². The lowest BCUT2D eigenvalue weighted by atomic mass is 10.2. The van der Waals surface area contributed by atoms with Crippen molar-refractivity contribution in [2.75, 3.05) is 18.4 Å². The molecule has 0 aliphatic heterocycles. The lowest BCUT2D eigenvalue weighted by Gasteiger charge is -2.14. The van der Waals surface area contributed by atoms with Crippen molar-refractivity contribution < 1.29 is 27.9 Å². The second-order valence-electron chi connectivity index (χ2n) is 5.73. The topological polar surface area (TPSA) is 122 Å². The number of esters is 1. The monoisotopic (exact) mass is 392 g/mol. The molecule has 2 aromatic rings. The number of rotatable bonds is 7. The van der Waals surface area contributed by atoms with Crippen LogP contribution in [0.5, 0.6) is 0 Å². The highest BCUT2D eigenvalue weighted by molar-refractivity contribution is 7.92. The number of aryl methyl sites for hydroxylation is 1. The molecule has 0 saturated carbocycles. The summed E-state index contributed by atoms with van der Waals surface area (Å²) in [5.41, 5.74) is 1.39. The molecule has 0 radical (unpaired) electrons. The van der Waals surface area contributed by atoms with Crippen LogP contribution in [0.3, 0.4) is 0 Å². The van der Waals surface area contributed by atoms with E-state index in [2.05, 4.69) is 14.8 Å². The van der Waals surface area contributed by atoms with Crippen LogP contribution in [0.15, 0.2) is 53.4 Å². The first-order valence-corrected chi connectivity index (χ1v) is 9.44. The lowest BCUT2D eigenvalue weighted by molar-refractivity contribution is -0.143. The van der Waals surface area contributed by atoms with Crippen molar-refractivity contribution >= 4 is 27.6 Å². The predicted octanol–water partition coefficient (Wildman–Crippen LogP) is 1.06. The first-order valence-electron chi connectivity index (χ1n) is 7.96. The van der Waals surface area contributed by atoms with Gasteiger partial charge in [-0.2, -0.15) is 0 Å². The molecule has 8 nitrogen and oxygen atoms in total. The summed E-state index contributed by atoms with van der Waals surface area (Å²) >= 11 is 0. The first kappa shape index (κ1) is 20.4. The number of nitrogens with one attached hydrogen (secondary N) is 2. The van der Waals surface area contributed by atoms with E-state index in [1.54, 1.807) is 24.3 Å². The number of carbonyl (C=O) groups excluding carboxylic acids is 2. The minimum Gasteiger partial charge on any atom is -0.467 e. The summed E-state index contributed by atoms with van der Waals surface area (Å²) in [6, 6.07) is 10.9. The van der Waals surface area contributed by atoms with Gasteiger partial charge in [-0.1, -0.05) is 23.8 Å². The van der Waals surface area contributed by atoms with Gasteiger partial charge in [-0.3, -0.25) is 9.52 Å². The molecule has 0 aliphatic rings. The van der Waals surface area contributed by atoms with Gasteiger partial charge in [-0.15, -0.1) is 0 Å². The molecule has 0 fully saturated rings. The number of aliphatic hydroxyl groups is 1. The molecule has 0 heterocycles.